The lowest BCUT2D eigenvalue weighted by molar-refractivity contribution is -0.380. The van der Waals surface area contributed by atoms with Crippen LogP contribution >= 0.6 is 0 Å². The summed E-state index contributed by atoms with van der Waals surface area (Å²) in [7, 11) is 5.06. The van der Waals surface area contributed by atoms with Crippen molar-refractivity contribution in [2.75, 3.05) is 21.3 Å². The van der Waals surface area contributed by atoms with E-state index in [2.05, 4.69) is 13.5 Å². The van der Waals surface area contributed by atoms with Crippen molar-refractivity contribution in [2.24, 2.45) is 5.92 Å². The van der Waals surface area contributed by atoms with Gasteiger partial charge in [-0.25, -0.2) is 0 Å². The molecule has 0 aliphatic carbocycles. The van der Waals surface area contributed by atoms with Crippen LogP contribution in [-0.2, 0) is 14.2 Å². The zero-order valence-electron chi connectivity index (χ0n) is 16.8. The van der Waals surface area contributed by atoms with Crippen LogP contribution in [0.5, 0.6) is 0 Å². The Bertz CT molecular complexity index is 266. The Balaban J connectivity index is 4.30. The first-order valence-corrected chi connectivity index (χ1v) is 9.97. The minimum atomic E-state index is -0.884. The van der Waals surface area contributed by atoms with Gasteiger partial charge in [-0.05, 0) is 25.7 Å². The zero-order chi connectivity index (χ0) is 18.1. The van der Waals surface area contributed by atoms with E-state index in [9.17, 15) is 0 Å². The number of allylic oxidation sites excluding steroid dienone is 1. The Kier molecular flexibility index (Phi) is 15.9. The van der Waals surface area contributed by atoms with Crippen LogP contribution in [0.1, 0.15) is 90.4 Å². The molecule has 0 radical (unpaired) electrons. The predicted molar refractivity (Wildman–Crippen MR) is 103 cm³/mol. The van der Waals surface area contributed by atoms with Gasteiger partial charge in [0.05, 0.1) is 0 Å². The molecule has 0 saturated heterocycles. The van der Waals surface area contributed by atoms with Crippen LogP contribution in [0, 0.1) is 5.92 Å². The minimum absolute atomic E-state index is 0.295. The van der Waals surface area contributed by atoms with E-state index in [1.165, 1.54) is 64.2 Å². The highest BCUT2D eigenvalue weighted by molar-refractivity contribution is 4.72. The maximum Gasteiger partial charge on any atom is 0.285 e. The Morgan fingerprint density at radius 2 is 1.21 bits per heavy atom. The van der Waals surface area contributed by atoms with Gasteiger partial charge in [-0.1, -0.05) is 70.8 Å². The van der Waals surface area contributed by atoms with Gasteiger partial charge in [-0.3, -0.25) is 0 Å². The predicted octanol–water partition coefficient (Wildman–Crippen LogP) is 6.47. The third-order valence-electron chi connectivity index (χ3n) is 4.97. The average molecular weight is 343 g/mol. The maximum atomic E-state index is 5.63. The molecule has 0 aromatic carbocycles. The molecule has 144 valence electrons. The summed E-state index contributed by atoms with van der Waals surface area (Å²) in [6.45, 7) is 6.04. The van der Waals surface area contributed by atoms with Gasteiger partial charge >= 0.3 is 0 Å². The number of rotatable bonds is 18. The number of hydrogen-bond acceptors (Lipinski definition) is 3. The van der Waals surface area contributed by atoms with Crippen LogP contribution in [-0.4, -0.2) is 27.3 Å². The van der Waals surface area contributed by atoms with Crippen LogP contribution in [0.25, 0.3) is 0 Å². The number of ether oxygens (including phenoxy) is 3. The first-order valence-electron chi connectivity index (χ1n) is 9.97. The monoisotopic (exact) mass is 342 g/mol. The third kappa shape index (κ3) is 9.80. The molecule has 0 aromatic rings. The minimum Gasteiger partial charge on any atom is -0.331 e. The van der Waals surface area contributed by atoms with Crippen LogP contribution in [0.3, 0.4) is 0 Å². The van der Waals surface area contributed by atoms with Gasteiger partial charge < -0.3 is 14.2 Å². The van der Waals surface area contributed by atoms with Gasteiger partial charge in [0.25, 0.3) is 5.97 Å². The molecule has 0 aliphatic rings. The van der Waals surface area contributed by atoms with E-state index in [0.29, 0.717) is 5.92 Å². The first-order chi connectivity index (χ1) is 11.7. The van der Waals surface area contributed by atoms with Crippen LogP contribution in [0.4, 0.5) is 0 Å². The Labute approximate surface area is 151 Å². The lowest BCUT2D eigenvalue weighted by Crippen LogP contribution is -2.44. The largest absolute Gasteiger partial charge is 0.331 e. The normalized spacial score (nSPS) is 13.2. The van der Waals surface area contributed by atoms with E-state index in [1.54, 1.807) is 21.3 Å². The van der Waals surface area contributed by atoms with Crippen molar-refractivity contribution in [1.29, 1.82) is 0 Å². The zero-order valence-corrected chi connectivity index (χ0v) is 16.8. The van der Waals surface area contributed by atoms with Crippen LogP contribution in [0.2, 0.25) is 0 Å². The molecule has 0 spiro atoms. The van der Waals surface area contributed by atoms with Gasteiger partial charge in [-0.2, -0.15) is 0 Å². The second-order valence-corrected chi connectivity index (χ2v) is 6.75. The highest BCUT2D eigenvalue weighted by Crippen LogP contribution is 2.33. The fourth-order valence-electron chi connectivity index (χ4n) is 3.45. The molecule has 24 heavy (non-hydrogen) atoms. The second-order valence-electron chi connectivity index (χ2n) is 6.75. The maximum absolute atomic E-state index is 5.63. The lowest BCUT2D eigenvalue weighted by Gasteiger charge is -2.36. The van der Waals surface area contributed by atoms with Crippen molar-refractivity contribution in [2.45, 2.75) is 96.4 Å². The van der Waals surface area contributed by atoms with Crippen molar-refractivity contribution in [1.82, 2.24) is 0 Å². The molecule has 0 fully saturated rings. The standard InChI is InChI=1S/C21H42O3/c1-6-8-10-12-14-16-18-20(21(22-3,23-4)24-5)19-17-15-13-11-9-7-2/h6,20H,1,7-19H2,2-5H3. The van der Waals surface area contributed by atoms with Gasteiger partial charge in [0, 0.05) is 27.2 Å². The number of methoxy groups -OCH3 is 3. The Morgan fingerprint density at radius 3 is 1.67 bits per heavy atom. The van der Waals surface area contributed by atoms with Crippen LogP contribution in [0.15, 0.2) is 12.7 Å². The second kappa shape index (κ2) is 16.1. The van der Waals surface area contributed by atoms with Gasteiger partial charge in [-0.15, -0.1) is 6.58 Å². The van der Waals surface area contributed by atoms with Gasteiger partial charge in [0.1, 0.15) is 0 Å². The molecule has 0 rings (SSSR count). The van der Waals surface area contributed by atoms with Crippen LogP contribution < -0.4 is 0 Å². The highest BCUT2D eigenvalue weighted by Gasteiger charge is 2.39. The first kappa shape index (κ1) is 23.6. The van der Waals surface area contributed by atoms with E-state index >= 15 is 0 Å². The Hall–Kier alpha value is -0.380. The summed E-state index contributed by atoms with van der Waals surface area (Å²) in [6, 6.07) is 0. The van der Waals surface area contributed by atoms with E-state index in [4.69, 9.17) is 14.2 Å². The Morgan fingerprint density at radius 1 is 0.750 bits per heavy atom. The summed E-state index contributed by atoms with van der Waals surface area (Å²) in [5, 5.41) is 0. The average Bonchev–Trinajstić information content (AvgIpc) is 2.62. The summed E-state index contributed by atoms with van der Waals surface area (Å²) in [6.07, 6.45) is 18.2. The molecule has 0 saturated carbocycles. The molecule has 0 N–H and O–H groups in total. The molecule has 0 bridgehead atoms. The fraction of sp³-hybridized carbons (Fsp3) is 0.905. The summed E-state index contributed by atoms with van der Waals surface area (Å²) in [5.41, 5.74) is 0. The molecule has 3 nitrogen and oxygen atoms in total. The molecular weight excluding hydrogens is 300 g/mol. The fourth-order valence-corrected chi connectivity index (χ4v) is 3.45. The smallest absolute Gasteiger partial charge is 0.285 e. The molecule has 1 atom stereocenters. The molecule has 0 amide bonds. The van der Waals surface area contributed by atoms with E-state index in [-0.39, 0.29) is 0 Å². The van der Waals surface area contributed by atoms with Crippen molar-refractivity contribution in [3.8, 4) is 0 Å². The molecule has 0 aromatic heterocycles. The molecule has 0 aliphatic heterocycles. The summed E-state index contributed by atoms with van der Waals surface area (Å²) in [4.78, 5) is 0. The van der Waals surface area contributed by atoms with E-state index < -0.39 is 5.97 Å². The quantitative estimate of drug-likeness (QED) is 0.162. The molecular formula is C21H42O3. The lowest BCUT2D eigenvalue weighted by atomic mass is 9.91. The van der Waals surface area contributed by atoms with Crippen molar-refractivity contribution >= 4 is 0 Å². The summed E-state index contributed by atoms with van der Waals surface area (Å²) < 4.78 is 16.9. The molecule has 3 heteroatoms. The summed E-state index contributed by atoms with van der Waals surface area (Å²) >= 11 is 0. The molecule has 1 unspecified atom stereocenters. The van der Waals surface area contributed by atoms with Crippen molar-refractivity contribution in [3.05, 3.63) is 12.7 Å². The van der Waals surface area contributed by atoms with Gasteiger partial charge in [0.15, 0.2) is 0 Å². The van der Waals surface area contributed by atoms with Gasteiger partial charge in [0.2, 0.25) is 0 Å². The SMILES string of the molecule is C=CCCCCCCC(CCCCCCCC)C(OC)(OC)OC. The summed E-state index contributed by atoms with van der Waals surface area (Å²) in [5.74, 6) is -0.590. The highest BCUT2D eigenvalue weighted by atomic mass is 16.9. The number of unbranched alkanes of at least 4 members (excludes halogenated alkanes) is 9. The third-order valence-corrected chi connectivity index (χ3v) is 4.97. The van der Waals surface area contributed by atoms with Crippen molar-refractivity contribution < 1.29 is 14.2 Å². The topological polar surface area (TPSA) is 27.7 Å². The molecule has 0 heterocycles. The number of hydrogen-bond donors (Lipinski definition) is 0. The van der Waals surface area contributed by atoms with Crippen molar-refractivity contribution in [3.63, 3.8) is 0 Å². The van der Waals surface area contributed by atoms with E-state index in [1.807, 2.05) is 6.08 Å². The van der Waals surface area contributed by atoms with E-state index in [0.717, 1.165) is 19.3 Å².